The Kier molecular flexibility index (Phi) is 4.44. The molecule has 3 rings (SSSR count). The molecular weight excluding hydrogens is 282 g/mol. The van der Waals surface area contributed by atoms with Gasteiger partial charge in [0.25, 0.3) is 5.91 Å². The van der Waals surface area contributed by atoms with Gasteiger partial charge in [0.2, 0.25) is 0 Å². The zero-order chi connectivity index (χ0) is 15.2. The van der Waals surface area contributed by atoms with Gasteiger partial charge in [0.1, 0.15) is 19.0 Å². The highest BCUT2D eigenvalue weighted by molar-refractivity contribution is 5.77. The maximum atomic E-state index is 11.8. The van der Waals surface area contributed by atoms with E-state index < -0.39 is 0 Å². The SMILES string of the molecule is O=C(COc1ccccc1)NCc1ccc2c(c1)OCCO2. The smallest absolute Gasteiger partial charge is 0.258 e. The molecule has 114 valence electrons. The number of hydrogen-bond acceptors (Lipinski definition) is 4. The van der Waals surface area contributed by atoms with Crippen molar-refractivity contribution < 1.29 is 19.0 Å². The van der Waals surface area contributed by atoms with Crippen LogP contribution < -0.4 is 19.5 Å². The number of carbonyl (C=O) groups is 1. The fraction of sp³-hybridized carbons (Fsp3) is 0.235. The van der Waals surface area contributed by atoms with Gasteiger partial charge in [0.15, 0.2) is 18.1 Å². The normalized spacial score (nSPS) is 12.5. The Morgan fingerprint density at radius 2 is 1.82 bits per heavy atom. The van der Waals surface area contributed by atoms with Crippen molar-refractivity contribution in [2.75, 3.05) is 19.8 Å². The highest BCUT2D eigenvalue weighted by Gasteiger charge is 2.12. The minimum Gasteiger partial charge on any atom is -0.486 e. The largest absolute Gasteiger partial charge is 0.486 e. The Balaban J connectivity index is 1.48. The van der Waals surface area contributed by atoms with Crippen LogP contribution in [0.4, 0.5) is 0 Å². The van der Waals surface area contributed by atoms with Crippen molar-refractivity contribution in [2.45, 2.75) is 6.54 Å². The maximum absolute atomic E-state index is 11.8. The van der Waals surface area contributed by atoms with E-state index in [-0.39, 0.29) is 12.5 Å². The van der Waals surface area contributed by atoms with E-state index in [0.29, 0.717) is 25.5 Å². The predicted octanol–water partition coefficient (Wildman–Crippen LogP) is 2.15. The molecule has 5 heteroatoms. The number of carbonyl (C=O) groups excluding carboxylic acids is 1. The summed E-state index contributed by atoms with van der Waals surface area (Å²) in [5.41, 5.74) is 0.956. The Bertz CT molecular complexity index is 642. The molecule has 0 fully saturated rings. The van der Waals surface area contributed by atoms with Crippen molar-refractivity contribution in [1.82, 2.24) is 5.32 Å². The van der Waals surface area contributed by atoms with E-state index in [0.717, 1.165) is 17.1 Å². The van der Waals surface area contributed by atoms with Gasteiger partial charge in [-0.15, -0.1) is 0 Å². The van der Waals surface area contributed by atoms with Crippen LogP contribution in [0.2, 0.25) is 0 Å². The topological polar surface area (TPSA) is 56.8 Å². The molecule has 1 aliphatic heterocycles. The van der Waals surface area contributed by atoms with Crippen LogP contribution in [0.5, 0.6) is 17.2 Å². The van der Waals surface area contributed by atoms with Crippen molar-refractivity contribution in [3.8, 4) is 17.2 Å². The predicted molar refractivity (Wildman–Crippen MR) is 81.2 cm³/mol. The first kappa shape index (κ1) is 14.3. The lowest BCUT2D eigenvalue weighted by Gasteiger charge is -2.19. The lowest BCUT2D eigenvalue weighted by atomic mass is 10.2. The molecule has 2 aromatic carbocycles. The molecule has 1 amide bonds. The number of benzene rings is 2. The molecule has 0 radical (unpaired) electrons. The molecule has 0 bridgehead atoms. The van der Waals surface area contributed by atoms with E-state index in [9.17, 15) is 4.79 Å². The Morgan fingerprint density at radius 3 is 2.64 bits per heavy atom. The third kappa shape index (κ3) is 3.69. The van der Waals surface area contributed by atoms with Gasteiger partial charge in [0.05, 0.1) is 0 Å². The van der Waals surface area contributed by atoms with Crippen LogP contribution in [-0.2, 0) is 11.3 Å². The van der Waals surface area contributed by atoms with E-state index in [1.54, 1.807) is 0 Å². The van der Waals surface area contributed by atoms with Crippen molar-refractivity contribution in [1.29, 1.82) is 0 Å². The molecule has 2 aromatic rings. The molecule has 0 atom stereocenters. The van der Waals surface area contributed by atoms with Crippen LogP contribution in [-0.4, -0.2) is 25.7 Å². The van der Waals surface area contributed by atoms with Gasteiger partial charge in [-0.1, -0.05) is 24.3 Å². The molecule has 1 aliphatic rings. The van der Waals surface area contributed by atoms with Gasteiger partial charge in [0, 0.05) is 6.54 Å². The van der Waals surface area contributed by atoms with Gasteiger partial charge >= 0.3 is 0 Å². The molecule has 5 nitrogen and oxygen atoms in total. The summed E-state index contributed by atoms with van der Waals surface area (Å²) in [4.78, 5) is 11.8. The second kappa shape index (κ2) is 6.85. The monoisotopic (exact) mass is 299 g/mol. The van der Waals surface area contributed by atoms with Crippen molar-refractivity contribution in [3.05, 3.63) is 54.1 Å². The lowest BCUT2D eigenvalue weighted by Crippen LogP contribution is -2.28. The van der Waals surface area contributed by atoms with Crippen LogP contribution in [0.25, 0.3) is 0 Å². The van der Waals surface area contributed by atoms with E-state index in [1.165, 1.54) is 0 Å². The Hall–Kier alpha value is -2.69. The number of ether oxygens (including phenoxy) is 3. The fourth-order valence-electron chi connectivity index (χ4n) is 2.12. The number of amides is 1. The first-order chi connectivity index (χ1) is 10.8. The summed E-state index contributed by atoms with van der Waals surface area (Å²) in [6.45, 7) is 1.54. The first-order valence-corrected chi connectivity index (χ1v) is 7.14. The minimum absolute atomic E-state index is 0.00539. The summed E-state index contributed by atoms with van der Waals surface area (Å²) >= 11 is 0. The molecule has 0 saturated carbocycles. The number of rotatable bonds is 5. The van der Waals surface area contributed by atoms with Crippen LogP contribution in [0.3, 0.4) is 0 Å². The summed E-state index contributed by atoms with van der Waals surface area (Å²) in [6, 6.07) is 14.9. The molecule has 0 aliphatic carbocycles. The summed E-state index contributed by atoms with van der Waals surface area (Å²) in [7, 11) is 0. The number of hydrogen-bond donors (Lipinski definition) is 1. The van der Waals surface area contributed by atoms with E-state index in [4.69, 9.17) is 14.2 Å². The molecule has 0 unspecified atom stereocenters. The second-order valence-electron chi connectivity index (χ2n) is 4.86. The van der Waals surface area contributed by atoms with Crippen molar-refractivity contribution in [2.24, 2.45) is 0 Å². The standard InChI is InChI=1S/C17H17NO4/c19-17(12-22-14-4-2-1-3-5-14)18-11-13-6-7-15-16(10-13)21-9-8-20-15/h1-7,10H,8-9,11-12H2,(H,18,19). The second-order valence-corrected chi connectivity index (χ2v) is 4.86. The van der Waals surface area contributed by atoms with Gasteiger partial charge in [-0.25, -0.2) is 0 Å². The Labute approximate surface area is 128 Å². The van der Waals surface area contributed by atoms with Crippen LogP contribution in [0, 0.1) is 0 Å². The Morgan fingerprint density at radius 1 is 1.05 bits per heavy atom. The van der Waals surface area contributed by atoms with Gasteiger partial charge in [-0.3, -0.25) is 4.79 Å². The number of fused-ring (bicyclic) bond motifs is 1. The molecule has 1 heterocycles. The highest BCUT2D eigenvalue weighted by atomic mass is 16.6. The third-order valence-electron chi connectivity index (χ3n) is 3.21. The fourth-order valence-corrected chi connectivity index (χ4v) is 2.12. The average molecular weight is 299 g/mol. The van der Waals surface area contributed by atoms with Gasteiger partial charge < -0.3 is 19.5 Å². The highest BCUT2D eigenvalue weighted by Crippen LogP contribution is 2.30. The molecular formula is C17H17NO4. The summed E-state index contributed by atoms with van der Waals surface area (Å²) < 4.78 is 16.4. The van der Waals surface area contributed by atoms with Crippen LogP contribution in [0.15, 0.2) is 48.5 Å². The minimum atomic E-state index is -0.168. The van der Waals surface area contributed by atoms with Crippen LogP contribution in [0.1, 0.15) is 5.56 Å². The zero-order valence-corrected chi connectivity index (χ0v) is 12.1. The summed E-state index contributed by atoms with van der Waals surface area (Å²) in [6.07, 6.45) is 0. The summed E-state index contributed by atoms with van der Waals surface area (Å²) in [5.74, 6) is 1.97. The lowest BCUT2D eigenvalue weighted by molar-refractivity contribution is -0.123. The average Bonchev–Trinajstić information content (AvgIpc) is 2.59. The van der Waals surface area contributed by atoms with E-state index in [1.807, 2.05) is 48.5 Å². The first-order valence-electron chi connectivity index (χ1n) is 7.14. The molecule has 22 heavy (non-hydrogen) atoms. The summed E-state index contributed by atoms with van der Waals surface area (Å²) in [5, 5.41) is 2.82. The third-order valence-corrected chi connectivity index (χ3v) is 3.21. The molecule has 0 saturated heterocycles. The van der Waals surface area contributed by atoms with E-state index >= 15 is 0 Å². The van der Waals surface area contributed by atoms with Crippen LogP contribution >= 0.6 is 0 Å². The van der Waals surface area contributed by atoms with Crippen molar-refractivity contribution in [3.63, 3.8) is 0 Å². The molecule has 0 spiro atoms. The quantitative estimate of drug-likeness (QED) is 0.919. The van der Waals surface area contributed by atoms with E-state index in [2.05, 4.69) is 5.32 Å². The van der Waals surface area contributed by atoms with Gasteiger partial charge in [-0.05, 0) is 29.8 Å². The zero-order valence-electron chi connectivity index (χ0n) is 12.1. The molecule has 1 N–H and O–H groups in total. The number of nitrogens with one attached hydrogen (secondary N) is 1. The molecule has 0 aromatic heterocycles. The van der Waals surface area contributed by atoms with Gasteiger partial charge in [-0.2, -0.15) is 0 Å². The maximum Gasteiger partial charge on any atom is 0.258 e. The van der Waals surface area contributed by atoms with Crippen molar-refractivity contribution >= 4 is 5.91 Å². The number of para-hydroxylation sites is 1.